The first kappa shape index (κ1) is 6.99. The molecule has 1 aromatic heterocycles. The summed E-state index contributed by atoms with van der Waals surface area (Å²) in [7, 11) is 1.64. The average molecular weight is 139 g/mol. The van der Waals surface area contributed by atoms with Crippen molar-refractivity contribution in [3.8, 4) is 0 Å². The molecule has 0 fully saturated rings. The molecule has 0 saturated carbocycles. The highest BCUT2D eigenvalue weighted by molar-refractivity contribution is 4.84. The summed E-state index contributed by atoms with van der Waals surface area (Å²) in [6.07, 6.45) is 6.21. The van der Waals surface area contributed by atoms with Gasteiger partial charge in [0.05, 0.1) is 12.4 Å². The summed E-state index contributed by atoms with van der Waals surface area (Å²) in [5.41, 5.74) is 1.07. The van der Waals surface area contributed by atoms with E-state index in [1.165, 1.54) is 0 Å². The number of hydrogen-bond acceptors (Lipinski definition) is 2. The monoisotopic (exact) mass is 139 g/mol. The molecule has 0 atom stereocenters. The minimum Gasteiger partial charge on any atom is -0.274 e. The van der Waals surface area contributed by atoms with E-state index in [-0.39, 0.29) is 0 Å². The topological polar surface area (TPSA) is 26.0 Å². The van der Waals surface area contributed by atoms with Gasteiger partial charge < -0.3 is 0 Å². The number of aryl methyl sites for hydroxylation is 1. The Morgan fingerprint density at radius 1 is 1.70 bits per heavy atom. The molecular weight excluding hydrogens is 128 g/mol. The molecule has 3 nitrogen and oxygen atoms in total. The van der Waals surface area contributed by atoms with E-state index in [9.17, 15) is 0 Å². The lowest BCUT2D eigenvalue weighted by Gasteiger charge is -1.93. The fraction of sp³-hybridized carbons (Fsp3) is 0.429. The summed E-state index contributed by atoms with van der Waals surface area (Å²) < 4.78 is 1.70. The standard InChI is InChI=1S/C7H11N2O/c1-3-7-6-8-4-5-9(7)10-2/h4-6H,3H2,1-2H3/q+1. The molecule has 0 aliphatic heterocycles. The van der Waals surface area contributed by atoms with E-state index in [1.807, 2.05) is 0 Å². The number of aromatic nitrogens is 2. The third-order valence-electron chi connectivity index (χ3n) is 1.35. The van der Waals surface area contributed by atoms with Crippen LogP contribution in [-0.2, 0) is 6.42 Å². The second-order valence-corrected chi connectivity index (χ2v) is 1.93. The van der Waals surface area contributed by atoms with Gasteiger partial charge in [0.25, 0.3) is 5.69 Å². The Bertz CT molecular complexity index is 190. The van der Waals surface area contributed by atoms with Gasteiger partial charge in [-0.25, -0.2) is 0 Å². The van der Waals surface area contributed by atoms with Gasteiger partial charge in [-0.2, -0.15) is 0 Å². The Labute approximate surface area is 60.2 Å². The molecule has 0 bridgehead atoms. The van der Waals surface area contributed by atoms with Crippen LogP contribution in [0, 0.1) is 0 Å². The Morgan fingerprint density at radius 2 is 2.50 bits per heavy atom. The molecule has 0 saturated heterocycles. The van der Waals surface area contributed by atoms with Gasteiger partial charge >= 0.3 is 0 Å². The second-order valence-electron chi connectivity index (χ2n) is 1.93. The third-order valence-corrected chi connectivity index (χ3v) is 1.35. The van der Waals surface area contributed by atoms with E-state index in [1.54, 1.807) is 30.4 Å². The van der Waals surface area contributed by atoms with Crippen LogP contribution >= 0.6 is 0 Å². The fourth-order valence-corrected chi connectivity index (χ4v) is 0.806. The summed E-state index contributed by atoms with van der Waals surface area (Å²) >= 11 is 0. The van der Waals surface area contributed by atoms with Crippen molar-refractivity contribution in [3.05, 3.63) is 24.3 Å². The van der Waals surface area contributed by atoms with Crippen LogP contribution in [0.1, 0.15) is 12.6 Å². The zero-order valence-corrected chi connectivity index (χ0v) is 6.24. The van der Waals surface area contributed by atoms with Gasteiger partial charge in [-0.15, -0.1) is 0 Å². The van der Waals surface area contributed by atoms with Crippen molar-refractivity contribution in [1.29, 1.82) is 0 Å². The summed E-state index contributed by atoms with van der Waals surface area (Å²) in [4.78, 5) is 8.98. The van der Waals surface area contributed by atoms with Crippen LogP contribution in [0.5, 0.6) is 0 Å². The predicted octanol–water partition coefficient (Wildman–Crippen LogP) is -0.0101. The minimum atomic E-state index is 0.932. The maximum absolute atomic E-state index is 5.01. The van der Waals surface area contributed by atoms with Gasteiger partial charge in [0, 0.05) is 11.2 Å². The van der Waals surface area contributed by atoms with Crippen molar-refractivity contribution in [2.24, 2.45) is 0 Å². The lowest BCUT2D eigenvalue weighted by atomic mass is 10.4. The average Bonchev–Trinajstić information content (AvgIpc) is 2.04. The van der Waals surface area contributed by atoms with Crippen LogP contribution in [0.25, 0.3) is 0 Å². The second kappa shape index (κ2) is 3.15. The molecule has 0 spiro atoms. The zero-order chi connectivity index (χ0) is 7.40. The van der Waals surface area contributed by atoms with Crippen molar-refractivity contribution >= 4 is 0 Å². The van der Waals surface area contributed by atoms with Crippen LogP contribution < -0.4 is 9.57 Å². The SMILES string of the molecule is CCc1cncc[n+]1OC. The highest BCUT2D eigenvalue weighted by atomic mass is 16.6. The third kappa shape index (κ3) is 1.23. The van der Waals surface area contributed by atoms with E-state index >= 15 is 0 Å². The van der Waals surface area contributed by atoms with Gasteiger partial charge in [0.2, 0.25) is 6.20 Å². The highest BCUT2D eigenvalue weighted by Gasteiger charge is 2.06. The lowest BCUT2D eigenvalue weighted by molar-refractivity contribution is -0.890. The molecule has 0 unspecified atom stereocenters. The van der Waals surface area contributed by atoms with E-state index in [0.29, 0.717) is 0 Å². The van der Waals surface area contributed by atoms with Crippen molar-refractivity contribution in [2.45, 2.75) is 13.3 Å². The Kier molecular flexibility index (Phi) is 2.20. The lowest BCUT2D eigenvalue weighted by Crippen LogP contribution is -2.44. The van der Waals surface area contributed by atoms with Gasteiger partial charge in [0.15, 0.2) is 0 Å². The fourth-order valence-electron chi connectivity index (χ4n) is 0.806. The first-order valence-electron chi connectivity index (χ1n) is 3.27. The van der Waals surface area contributed by atoms with Gasteiger partial charge in [0.1, 0.15) is 7.11 Å². The van der Waals surface area contributed by atoms with Gasteiger partial charge in [-0.3, -0.25) is 9.82 Å². The van der Waals surface area contributed by atoms with Crippen LogP contribution in [0.15, 0.2) is 18.6 Å². The number of rotatable bonds is 2. The predicted molar refractivity (Wildman–Crippen MR) is 36.3 cm³/mol. The van der Waals surface area contributed by atoms with Crippen LogP contribution in [0.3, 0.4) is 0 Å². The molecule has 3 heteroatoms. The quantitative estimate of drug-likeness (QED) is 0.539. The first-order valence-corrected chi connectivity index (χ1v) is 3.27. The van der Waals surface area contributed by atoms with Crippen molar-refractivity contribution < 1.29 is 9.57 Å². The first-order chi connectivity index (χ1) is 4.88. The number of nitrogens with zero attached hydrogens (tertiary/aromatic N) is 2. The Morgan fingerprint density at radius 3 is 3.00 bits per heavy atom. The smallest absolute Gasteiger partial charge is 0.252 e. The van der Waals surface area contributed by atoms with Gasteiger partial charge in [-0.1, -0.05) is 6.92 Å². The molecule has 10 heavy (non-hydrogen) atoms. The van der Waals surface area contributed by atoms with Crippen LogP contribution in [0.2, 0.25) is 0 Å². The summed E-state index contributed by atoms with van der Waals surface area (Å²) in [5, 5.41) is 0. The molecule has 1 rings (SSSR count). The van der Waals surface area contributed by atoms with E-state index in [0.717, 1.165) is 12.1 Å². The largest absolute Gasteiger partial charge is 0.274 e. The highest BCUT2D eigenvalue weighted by Crippen LogP contribution is 1.85. The molecular formula is C7H11N2O+. The Hall–Kier alpha value is -1.12. The Balaban J connectivity index is 2.96. The molecule has 0 N–H and O–H groups in total. The molecule has 1 aromatic rings. The normalized spacial score (nSPS) is 9.40. The van der Waals surface area contributed by atoms with Gasteiger partial charge in [-0.05, 0) is 0 Å². The van der Waals surface area contributed by atoms with Crippen LogP contribution in [0.4, 0.5) is 0 Å². The maximum atomic E-state index is 5.01. The molecule has 0 radical (unpaired) electrons. The van der Waals surface area contributed by atoms with Crippen molar-refractivity contribution in [2.75, 3.05) is 7.11 Å². The molecule has 0 amide bonds. The maximum Gasteiger partial charge on any atom is 0.252 e. The molecule has 1 heterocycles. The van der Waals surface area contributed by atoms with E-state index < -0.39 is 0 Å². The molecule has 0 aromatic carbocycles. The minimum absolute atomic E-state index is 0.932. The number of hydrogen-bond donors (Lipinski definition) is 0. The molecule has 54 valence electrons. The van der Waals surface area contributed by atoms with Crippen molar-refractivity contribution in [3.63, 3.8) is 0 Å². The summed E-state index contributed by atoms with van der Waals surface area (Å²) in [6.45, 7) is 2.06. The zero-order valence-electron chi connectivity index (χ0n) is 6.24. The molecule has 0 aliphatic rings. The van der Waals surface area contributed by atoms with E-state index in [2.05, 4.69) is 11.9 Å². The van der Waals surface area contributed by atoms with Crippen molar-refractivity contribution in [1.82, 2.24) is 4.98 Å². The summed E-state index contributed by atoms with van der Waals surface area (Å²) in [6, 6.07) is 0. The summed E-state index contributed by atoms with van der Waals surface area (Å²) in [5.74, 6) is 0. The van der Waals surface area contributed by atoms with Crippen LogP contribution in [-0.4, -0.2) is 12.1 Å². The van der Waals surface area contributed by atoms with E-state index in [4.69, 9.17) is 4.84 Å². The molecule has 0 aliphatic carbocycles.